The van der Waals surface area contributed by atoms with Crippen LogP contribution < -0.4 is 0 Å². The summed E-state index contributed by atoms with van der Waals surface area (Å²) in [5, 5.41) is 0. The molecule has 0 N–H and O–H groups in total. The Hall–Kier alpha value is -0.300. The zero-order chi connectivity index (χ0) is 10.9. The van der Waals surface area contributed by atoms with E-state index in [1.165, 1.54) is 6.54 Å². The van der Waals surface area contributed by atoms with Crippen LogP contribution in [0, 0.1) is 5.92 Å². The van der Waals surface area contributed by atoms with Crippen LogP contribution in [0.5, 0.6) is 0 Å². The Morgan fingerprint density at radius 3 is 1.77 bits per heavy atom. The van der Waals surface area contributed by atoms with Crippen molar-refractivity contribution in [3.63, 3.8) is 0 Å². The molecule has 0 saturated carbocycles. The molecule has 13 heavy (non-hydrogen) atoms. The van der Waals surface area contributed by atoms with Crippen molar-refractivity contribution in [2.45, 2.75) is 41.5 Å². The third-order valence-corrected chi connectivity index (χ3v) is 1.86. The molecule has 1 aliphatic rings. The molecule has 1 heterocycles. The maximum absolute atomic E-state index is 2.34. The van der Waals surface area contributed by atoms with Crippen molar-refractivity contribution in [3.8, 4) is 0 Å². The summed E-state index contributed by atoms with van der Waals surface area (Å²) in [4.78, 5) is 2.33. The highest BCUT2D eigenvalue weighted by Crippen LogP contribution is 2.15. The summed E-state index contributed by atoms with van der Waals surface area (Å²) in [6.07, 6.45) is 2.34. The quantitative estimate of drug-likeness (QED) is 0.565. The minimum absolute atomic E-state index is 0.745. The molecular formula is C12H27N. The highest BCUT2D eigenvalue weighted by molar-refractivity contribution is 5.12. The smallest absolute Gasteiger partial charge is 0.0196 e. The SMILES string of the molecule is CC.CC.CC(C)C1=CCN(C)C1. The average molecular weight is 185 g/mol. The molecule has 1 heteroatoms. The normalized spacial score (nSPS) is 15.5. The molecule has 0 fully saturated rings. The molecule has 1 aliphatic heterocycles. The second kappa shape index (κ2) is 9.79. The van der Waals surface area contributed by atoms with Gasteiger partial charge in [0.25, 0.3) is 0 Å². The molecule has 0 unspecified atom stereocenters. The Kier molecular flexibility index (Phi) is 11.4. The zero-order valence-electron chi connectivity index (χ0n) is 10.5. The summed E-state index contributed by atoms with van der Waals surface area (Å²) in [5.74, 6) is 0.745. The summed E-state index contributed by atoms with van der Waals surface area (Å²) < 4.78 is 0. The van der Waals surface area contributed by atoms with E-state index >= 15 is 0 Å². The van der Waals surface area contributed by atoms with E-state index in [2.05, 4.69) is 31.9 Å². The fourth-order valence-electron chi connectivity index (χ4n) is 1.13. The van der Waals surface area contributed by atoms with Gasteiger partial charge in [-0.3, -0.25) is 4.90 Å². The Morgan fingerprint density at radius 2 is 1.62 bits per heavy atom. The third kappa shape index (κ3) is 6.83. The first-order chi connectivity index (χ1) is 6.20. The molecule has 0 saturated heterocycles. The third-order valence-electron chi connectivity index (χ3n) is 1.86. The monoisotopic (exact) mass is 185 g/mol. The summed E-state index contributed by atoms with van der Waals surface area (Å²) in [6.45, 7) is 14.8. The Labute approximate surface area is 84.8 Å². The first kappa shape index (κ1) is 15.2. The van der Waals surface area contributed by atoms with Gasteiger partial charge in [0.15, 0.2) is 0 Å². The minimum atomic E-state index is 0.745. The molecule has 0 aromatic carbocycles. The number of hydrogen-bond donors (Lipinski definition) is 0. The lowest BCUT2D eigenvalue weighted by atomic mass is 10.1. The lowest BCUT2D eigenvalue weighted by molar-refractivity contribution is 0.420. The van der Waals surface area contributed by atoms with Gasteiger partial charge in [0.2, 0.25) is 0 Å². The van der Waals surface area contributed by atoms with Gasteiger partial charge in [0.05, 0.1) is 0 Å². The van der Waals surface area contributed by atoms with Crippen LogP contribution in [0.25, 0.3) is 0 Å². The van der Waals surface area contributed by atoms with Crippen molar-refractivity contribution in [2.24, 2.45) is 5.92 Å². The van der Waals surface area contributed by atoms with E-state index in [1.54, 1.807) is 5.57 Å². The van der Waals surface area contributed by atoms with E-state index in [-0.39, 0.29) is 0 Å². The van der Waals surface area contributed by atoms with Gasteiger partial charge < -0.3 is 0 Å². The largest absolute Gasteiger partial charge is 0.299 e. The molecule has 0 atom stereocenters. The van der Waals surface area contributed by atoms with Crippen LogP contribution in [0.15, 0.2) is 11.6 Å². The van der Waals surface area contributed by atoms with Crippen molar-refractivity contribution in [1.82, 2.24) is 4.90 Å². The predicted octanol–water partition coefficient (Wildman–Crippen LogP) is 3.57. The Bertz CT molecular complexity index is 125. The molecular weight excluding hydrogens is 158 g/mol. The van der Waals surface area contributed by atoms with Crippen molar-refractivity contribution < 1.29 is 0 Å². The highest BCUT2D eigenvalue weighted by Gasteiger charge is 2.11. The van der Waals surface area contributed by atoms with Crippen LogP contribution in [-0.4, -0.2) is 25.0 Å². The fourth-order valence-corrected chi connectivity index (χ4v) is 1.13. The molecule has 80 valence electrons. The molecule has 0 amide bonds. The zero-order valence-corrected chi connectivity index (χ0v) is 10.5. The molecule has 0 aromatic rings. The molecule has 0 spiro atoms. The van der Waals surface area contributed by atoms with Gasteiger partial charge in [-0.1, -0.05) is 53.2 Å². The summed E-state index contributed by atoms with van der Waals surface area (Å²) in [6, 6.07) is 0. The van der Waals surface area contributed by atoms with Crippen LogP contribution in [0.3, 0.4) is 0 Å². The second-order valence-electron chi connectivity index (χ2n) is 3.13. The standard InChI is InChI=1S/C8H15N.2C2H6/c1-7(2)8-4-5-9(3)6-8;2*1-2/h4,7H,5-6H2,1-3H3;2*1-2H3. The van der Waals surface area contributed by atoms with E-state index in [4.69, 9.17) is 0 Å². The van der Waals surface area contributed by atoms with Crippen LogP contribution in [0.2, 0.25) is 0 Å². The summed E-state index contributed by atoms with van der Waals surface area (Å²) in [5.41, 5.74) is 1.59. The molecule has 0 aromatic heterocycles. The van der Waals surface area contributed by atoms with Gasteiger partial charge in [-0.05, 0) is 13.0 Å². The highest BCUT2D eigenvalue weighted by atomic mass is 15.1. The van der Waals surface area contributed by atoms with Crippen LogP contribution in [-0.2, 0) is 0 Å². The van der Waals surface area contributed by atoms with Crippen molar-refractivity contribution >= 4 is 0 Å². The minimum Gasteiger partial charge on any atom is -0.299 e. The van der Waals surface area contributed by atoms with Crippen molar-refractivity contribution in [2.75, 3.05) is 20.1 Å². The summed E-state index contributed by atoms with van der Waals surface area (Å²) >= 11 is 0. The first-order valence-electron chi connectivity index (χ1n) is 5.57. The summed E-state index contributed by atoms with van der Waals surface area (Å²) in [7, 11) is 2.16. The van der Waals surface area contributed by atoms with E-state index in [1.807, 2.05) is 27.7 Å². The Morgan fingerprint density at radius 1 is 1.15 bits per heavy atom. The van der Waals surface area contributed by atoms with Crippen molar-refractivity contribution in [1.29, 1.82) is 0 Å². The second-order valence-corrected chi connectivity index (χ2v) is 3.13. The predicted molar refractivity (Wildman–Crippen MR) is 63.1 cm³/mol. The maximum Gasteiger partial charge on any atom is 0.0196 e. The number of hydrogen-bond acceptors (Lipinski definition) is 1. The fraction of sp³-hybridized carbons (Fsp3) is 0.833. The van der Waals surface area contributed by atoms with Gasteiger partial charge in [0, 0.05) is 13.1 Å². The molecule has 0 aliphatic carbocycles. The number of likely N-dealkylation sites (N-methyl/N-ethyl adjacent to an activating group) is 1. The van der Waals surface area contributed by atoms with Crippen LogP contribution in [0.1, 0.15) is 41.5 Å². The first-order valence-corrected chi connectivity index (χ1v) is 5.57. The van der Waals surface area contributed by atoms with E-state index in [0.29, 0.717) is 0 Å². The Balaban J connectivity index is 0. The molecule has 1 nitrogen and oxygen atoms in total. The van der Waals surface area contributed by atoms with Crippen molar-refractivity contribution in [3.05, 3.63) is 11.6 Å². The van der Waals surface area contributed by atoms with Crippen LogP contribution in [0.4, 0.5) is 0 Å². The van der Waals surface area contributed by atoms with Gasteiger partial charge in [0.1, 0.15) is 0 Å². The number of nitrogens with zero attached hydrogens (tertiary/aromatic N) is 1. The lowest BCUT2D eigenvalue weighted by Crippen LogP contribution is -2.14. The molecule has 0 bridgehead atoms. The van der Waals surface area contributed by atoms with Gasteiger partial charge >= 0.3 is 0 Å². The van der Waals surface area contributed by atoms with Gasteiger partial charge in [-0.2, -0.15) is 0 Å². The van der Waals surface area contributed by atoms with Gasteiger partial charge in [-0.15, -0.1) is 0 Å². The van der Waals surface area contributed by atoms with E-state index in [0.717, 1.165) is 12.5 Å². The van der Waals surface area contributed by atoms with E-state index in [9.17, 15) is 0 Å². The molecule has 1 rings (SSSR count). The topological polar surface area (TPSA) is 3.24 Å². The average Bonchev–Trinajstić information content (AvgIpc) is 2.59. The van der Waals surface area contributed by atoms with Gasteiger partial charge in [-0.25, -0.2) is 0 Å². The lowest BCUT2D eigenvalue weighted by Gasteiger charge is -2.09. The maximum atomic E-state index is 2.34. The van der Waals surface area contributed by atoms with Crippen LogP contribution >= 0.6 is 0 Å². The molecule has 0 radical (unpaired) electrons. The van der Waals surface area contributed by atoms with E-state index < -0.39 is 0 Å². The number of rotatable bonds is 1.